The van der Waals surface area contributed by atoms with Crippen molar-refractivity contribution >= 4 is 17.5 Å². The average Bonchev–Trinajstić information content (AvgIpc) is 3.62. The third-order valence-corrected chi connectivity index (χ3v) is 12.4. The minimum absolute atomic E-state index is 0.0544. The first-order valence-corrected chi connectivity index (χ1v) is 22.5. The third-order valence-electron chi connectivity index (χ3n) is 12.4. The van der Waals surface area contributed by atoms with Crippen molar-refractivity contribution in [3.05, 3.63) is 87.2 Å². The van der Waals surface area contributed by atoms with Gasteiger partial charge in [0, 0.05) is 57.2 Å². The van der Waals surface area contributed by atoms with Crippen molar-refractivity contribution < 1.29 is 96.8 Å². The molecule has 0 unspecified atom stereocenters. The number of aromatic nitrogens is 2. The van der Waals surface area contributed by atoms with E-state index in [1.165, 1.54) is 24.3 Å². The molecule has 27 heteroatoms. The summed E-state index contributed by atoms with van der Waals surface area (Å²) in [7, 11) is 0. The highest BCUT2D eigenvalue weighted by molar-refractivity contribution is 5.77. The van der Waals surface area contributed by atoms with Gasteiger partial charge in [-0.15, -0.1) is 13.2 Å². The van der Waals surface area contributed by atoms with E-state index in [1.807, 2.05) is 17.1 Å². The van der Waals surface area contributed by atoms with Gasteiger partial charge in [0.15, 0.2) is 18.8 Å². The molecule has 71 heavy (non-hydrogen) atoms. The smallest absolute Gasteiger partial charge is 0.490 e. The number of ether oxygens (including phenoxy) is 7. The average molecular weight is 1020 g/mol. The third kappa shape index (κ3) is 13.2. The Labute approximate surface area is 401 Å². The van der Waals surface area contributed by atoms with Crippen LogP contribution in [0.2, 0.25) is 0 Å². The largest absolute Gasteiger partial charge is 0.573 e. The number of carbonyl (C=O) groups excluding carboxylic acids is 2. The zero-order chi connectivity index (χ0) is 51.3. The summed E-state index contributed by atoms with van der Waals surface area (Å²) in [6.45, 7) is 0.855. The van der Waals surface area contributed by atoms with Gasteiger partial charge in [-0.2, -0.15) is 0 Å². The lowest BCUT2D eigenvalue weighted by molar-refractivity contribution is -0.347. The number of anilines is 1. The maximum atomic E-state index is 13.4. The molecule has 392 valence electrons. The number of benzene rings is 2. The van der Waals surface area contributed by atoms with Crippen molar-refractivity contribution in [3.63, 3.8) is 0 Å². The second-order valence-electron chi connectivity index (χ2n) is 17.5. The molecular weight excluding hydrogens is 959 g/mol. The first-order valence-electron chi connectivity index (χ1n) is 22.5. The van der Waals surface area contributed by atoms with E-state index in [4.69, 9.17) is 28.4 Å². The fraction of sp³-hybridized carbons (Fsp3) is 0.591. The van der Waals surface area contributed by atoms with E-state index in [2.05, 4.69) is 20.3 Å². The Kier molecular flexibility index (Phi) is 17.4. The van der Waals surface area contributed by atoms with Gasteiger partial charge in [0.05, 0.1) is 25.4 Å². The van der Waals surface area contributed by atoms with E-state index in [1.54, 1.807) is 12.1 Å². The molecule has 15 atom stereocenters. The fourth-order valence-corrected chi connectivity index (χ4v) is 8.78. The molecule has 4 aliphatic heterocycles. The highest BCUT2D eigenvalue weighted by Crippen LogP contribution is 2.35. The van der Waals surface area contributed by atoms with Gasteiger partial charge in [0.1, 0.15) is 85.1 Å². The van der Waals surface area contributed by atoms with E-state index < -0.39 is 141 Å². The van der Waals surface area contributed by atoms with Crippen LogP contribution in [0.4, 0.5) is 18.9 Å². The summed E-state index contributed by atoms with van der Waals surface area (Å²) < 4.78 is 77.1. The highest BCUT2D eigenvalue weighted by Gasteiger charge is 2.53. The number of aromatic amines is 1. The van der Waals surface area contributed by atoms with Gasteiger partial charge in [-0.1, -0.05) is 12.1 Å². The lowest BCUT2D eigenvalue weighted by Crippen LogP contribution is -2.69. The number of aliphatic hydroxyl groups is 8. The number of nitrogens with zero attached hydrogens (tertiary/aromatic N) is 2. The number of amides is 2. The zero-order valence-corrected chi connectivity index (χ0v) is 37.8. The normalized spacial score (nSPS) is 32.0. The van der Waals surface area contributed by atoms with Crippen molar-refractivity contribution in [2.45, 2.75) is 137 Å². The first-order chi connectivity index (χ1) is 33.7. The molecule has 24 nitrogen and oxygen atoms in total. The van der Waals surface area contributed by atoms with Crippen molar-refractivity contribution in [1.29, 1.82) is 0 Å². The molecule has 1 aromatic heterocycles. The molecule has 2 aromatic carbocycles. The molecule has 0 spiro atoms. The van der Waals surface area contributed by atoms with Crippen LogP contribution in [0, 0.1) is 0 Å². The molecule has 0 aliphatic carbocycles. The molecule has 0 saturated carbocycles. The summed E-state index contributed by atoms with van der Waals surface area (Å²) in [6, 6.07) is 10.2. The number of piperidine rings is 1. The van der Waals surface area contributed by atoms with Gasteiger partial charge in [-0.05, 0) is 42.0 Å². The first kappa shape index (κ1) is 53.5. The van der Waals surface area contributed by atoms with Crippen LogP contribution < -0.4 is 36.3 Å². The number of H-pyrrole nitrogens is 1. The monoisotopic (exact) mass is 1020 g/mol. The van der Waals surface area contributed by atoms with Gasteiger partial charge in [-0.3, -0.25) is 23.9 Å². The summed E-state index contributed by atoms with van der Waals surface area (Å²) in [6.07, 6.45) is -26.1. The van der Waals surface area contributed by atoms with Crippen LogP contribution in [0.5, 0.6) is 11.5 Å². The van der Waals surface area contributed by atoms with Gasteiger partial charge >= 0.3 is 12.1 Å². The number of rotatable bonds is 17. The van der Waals surface area contributed by atoms with E-state index in [0.717, 1.165) is 29.4 Å². The number of hydrogen-bond donors (Lipinski definition) is 11. The summed E-state index contributed by atoms with van der Waals surface area (Å²) >= 11 is 0. The fourth-order valence-electron chi connectivity index (χ4n) is 8.78. The summed E-state index contributed by atoms with van der Waals surface area (Å²) in [4.78, 5) is 53.7. The Balaban J connectivity index is 0.965. The second kappa shape index (κ2) is 23.1. The Bertz CT molecular complexity index is 2360. The number of carbonyl (C=O) groups is 2. The number of aliphatic hydroxyl groups excluding tert-OH is 8. The van der Waals surface area contributed by atoms with E-state index in [-0.39, 0.29) is 18.5 Å². The maximum Gasteiger partial charge on any atom is 0.573 e. The van der Waals surface area contributed by atoms with Crippen molar-refractivity contribution in [2.24, 2.45) is 0 Å². The topological polar surface area (TPSA) is 343 Å². The molecule has 11 N–H and O–H groups in total. The van der Waals surface area contributed by atoms with Crippen LogP contribution in [0.1, 0.15) is 38.0 Å². The van der Waals surface area contributed by atoms with Crippen LogP contribution in [0.3, 0.4) is 0 Å². The Morgan fingerprint density at radius 2 is 1.41 bits per heavy atom. The van der Waals surface area contributed by atoms with Crippen LogP contribution in [0.25, 0.3) is 0 Å². The second-order valence-corrected chi connectivity index (χ2v) is 17.5. The van der Waals surface area contributed by atoms with Crippen molar-refractivity contribution in [2.75, 3.05) is 31.2 Å². The number of halogens is 3. The number of nitrogens with one attached hydrogen (secondary N) is 3. The Morgan fingerprint density at radius 1 is 0.803 bits per heavy atom. The summed E-state index contributed by atoms with van der Waals surface area (Å²) in [5.74, 6) is -1.49. The van der Waals surface area contributed by atoms with Gasteiger partial charge in [-0.25, -0.2) is 4.79 Å². The summed E-state index contributed by atoms with van der Waals surface area (Å²) in [5, 5.41) is 91.9. The molecule has 0 bridgehead atoms. The molecule has 3 aromatic rings. The summed E-state index contributed by atoms with van der Waals surface area (Å²) in [5.41, 5.74) is -0.177. The molecule has 5 heterocycles. The molecule has 0 radical (unpaired) electrons. The van der Waals surface area contributed by atoms with Gasteiger partial charge < -0.3 is 89.5 Å². The molecule has 4 aliphatic rings. The van der Waals surface area contributed by atoms with Crippen LogP contribution in [0.15, 0.2) is 70.4 Å². The molecule has 4 fully saturated rings. The van der Waals surface area contributed by atoms with E-state index >= 15 is 0 Å². The molecular formula is C44H56F3N5O19. The predicted octanol–water partition coefficient (Wildman–Crippen LogP) is -3.04. The van der Waals surface area contributed by atoms with Crippen LogP contribution >= 0.6 is 0 Å². The van der Waals surface area contributed by atoms with Gasteiger partial charge in [0.25, 0.3) is 5.56 Å². The lowest BCUT2D eigenvalue weighted by Gasteiger charge is -2.47. The zero-order valence-electron chi connectivity index (χ0n) is 37.8. The number of alkyl halides is 3. The minimum atomic E-state index is -4.80. The standard InChI is InChI=1S/C44H56F3N5O19/c1-20(54)48-31-35(60)34(59)28(17-53)68-41(31)70-42-32(36(61)33(58)27(67-42)16-26(55)39-37(62)38(63)40(69-39)52-15-12-29(56)50-43(52)64)49-30(57)19-65-18-21-2-4-22(5-3-21)51-13-10-24(11-14-51)66-23-6-8-25(9-7-23)71-44(45,46)47/h2-9,12,15,24,26-28,31-42,53,55,58-63H,10-11,13-14,16-19H2,1H3,(H,48,54)(H,49,57)(H,50,56,64)/t26-,27-,28-,31-,32-,33+,34-,35-,36-,37+,38-,39-,40-,41-,42+/m1/s1. The SMILES string of the molecule is CC(=O)N[C@H]1[C@@H](O[C@@H]2O[C@H](C[C@@H](O)[C@H]3O[C@@H](n4ccc(=O)[nH]c4=O)[C@H](O)[C@@H]3O)[C@H](O)[C@H](O)[C@H]2NC(=O)COCc2ccc(N3CCC(Oc4ccc(OC(F)(F)F)cc4)CC3)cc2)O[C@H](CO)[C@@H](O)[C@@H]1O. The predicted molar refractivity (Wildman–Crippen MR) is 232 cm³/mol. The molecule has 2 amide bonds. The van der Waals surface area contributed by atoms with Crippen molar-refractivity contribution in [3.8, 4) is 11.5 Å². The van der Waals surface area contributed by atoms with Crippen LogP contribution in [-0.2, 0) is 39.9 Å². The van der Waals surface area contributed by atoms with Crippen molar-refractivity contribution in [1.82, 2.24) is 20.2 Å². The van der Waals surface area contributed by atoms with Gasteiger partial charge in [0.2, 0.25) is 11.8 Å². The number of hydrogen-bond acceptors (Lipinski definition) is 20. The van der Waals surface area contributed by atoms with E-state index in [0.29, 0.717) is 37.2 Å². The van der Waals surface area contributed by atoms with Crippen LogP contribution in [-0.4, -0.2) is 187 Å². The van der Waals surface area contributed by atoms with E-state index in [9.17, 15) is 73.2 Å². The molecule has 4 saturated heterocycles. The minimum Gasteiger partial charge on any atom is -0.490 e. The molecule has 7 rings (SSSR count). The Hall–Kier alpha value is -5.27. The Morgan fingerprint density at radius 3 is 2.01 bits per heavy atom. The maximum absolute atomic E-state index is 13.4. The quantitative estimate of drug-likeness (QED) is 0.0640. The highest BCUT2D eigenvalue weighted by atomic mass is 19.4. The lowest BCUT2D eigenvalue weighted by atomic mass is 9.91.